The van der Waals surface area contributed by atoms with Gasteiger partial charge >= 0.3 is 0 Å². The van der Waals surface area contributed by atoms with Crippen molar-refractivity contribution in [1.29, 1.82) is 0 Å². The molecule has 1 saturated carbocycles. The third kappa shape index (κ3) is 4.62. The second kappa shape index (κ2) is 8.47. The molecule has 4 heteroatoms. The molecule has 27 heavy (non-hydrogen) atoms. The summed E-state index contributed by atoms with van der Waals surface area (Å²) in [6.45, 7) is 5.97. The standard InChI is InChI=1S/C23H29NO3/c1-15-9-11-20(16(2)13-15)23(25)24-17(3)18-10-12-21(22(14-18)26-4)27-19-7-5-6-8-19/h9-14,17,19H,5-8H2,1-4H3,(H,24,25). The van der Waals surface area contributed by atoms with Crippen LogP contribution >= 0.6 is 0 Å². The summed E-state index contributed by atoms with van der Waals surface area (Å²) in [4.78, 5) is 12.6. The van der Waals surface area contributed by atoms with Crippen molar-refractivity contribution in [2.45, 2.75) is 58.6 Å². The fraction of sp³-hybridized carbons (Fsp3) is 0.435. The molecule has 0 aliphatic heterocycles. The Bertz CT molecular complexity index is 809. The van der Waals surface area contributed by atoms with Crippen LogP contribution in [0.25, 0.3) is 0 Å². The Labute approximate surface area is 161 Å². The molecule has 0 radical (unpaired) electrons. The van der Waals surface area contributed by atoms with Gasteiger partial charge in [-0.3, -0.25) is 4.79 Å². The van der Waals surface area contributed by atoms with Crippen molar-refractivity contribution in [1.82, 2.24) is 5.32 Å². The first-order valence-electron chi connectivity index (χ1n) is 9.70. The van der Waals surface area contributed by atoms with Crippen LogP contribution in [0.2, 0.25) is 0 Å². The van der Waals surface area contributed by atoms with Gasteiger partial charge in [-0.1, -0.05) is 23.8 Å². The smallest absolute Gasteiger partial charge is 0.252 e. The molecular formula is C23H29NO3. The van der Waals surface area contributed by atoms with Gasteiger partial charge < -0.3 is 14.8 Å². The Morgan fingerprint density at radius 2 is 1.81 bits per heavy atom. The number of methoxy groups -OCH3 is 1. The van der Waals surface area contributed by atoms with Crippen LogP contribution in [-0.2, 0) is 0 Å². The SMILES string of the molecule is COc1cc(C(C)NC(=O)c2ccc(C)cc2C)ccc1OC1CCCC1. The predicted octanol–water partition coefficient (Wildman–Crippen LogP) is 5.12. The molecule has 1 unspecified atom stereocenters. The molecule has 144 valence electrons. The average molecular weight is 367 g/mol. The van der Waals surface area contributed by atoms with Gasteiger partial charge in [0.25, 0.3) is 5.91 Å². The highest BCUT2D eigenvalue weighted by Gasteiger charge is 2.20. The lowest BCUT2D eigenvalue weighted by molar-refractivity contribution is 0.0939. The van der Waals surface area contributed by atoms with E-state index >= 15 is 0 Å². The minimum Gasteiger partial charge on any atom is -0.493 e. The summed E-state index contributed by atoms with van der Waals surface area (Å²) >= 11 is 0. The molecule has 2 aromatic carbocycles. The Kier molecular flexibility index (Phi) is 6.04. The van der Waals surface area contributed by atoms with Crippen LogP contribution in [-0.4, -0.2) is 19.1 Å². The summed E-state index contributed by atoms with van der Waals surface area (Å²) in [5.41, 5.74) is 3.83. The van der Waals surface area contributed by atoms with E-state index in [1.807, 2.05) is 57.2 Å². The first-order chi connectivity index (χ1) is 13.0. The fourth-order valence-corrected chi connectivity index (χ4v) is 3.66. The normalized spacial score (nSPS) is 15.4. The van der Waals surface area contributed by atoms with E-state index in [1.165, 1.54) is 12.8 Å². The van der Waals surface area contributed by atoms with Crippen molar-refractivity contribution in [3.05, 3.63) is 58.7 Å². The highest BCUT2D eigenvalue weighted by atomic mass is 16.5. The van der Waals surface area contributed by atoms with Crippen LogP contribution in [0.4, 0.5) is 0 Å². The Morgan fingerprint density at radius 1 is 1.07 bits per heavy atom. The van der Waals surface area contributed by atoms with E-state index in [4.69, 9.17) is 9.47 Å². The molecule has 4 nitrogen and oxygen atoms in total. The average Bonchev–Trinajstić information content (AvgIpc) is 3.14. The van der Waals surface area contributed by atoms with Gasteiger partial charge in [0.15, 0.2) is 11.5 Å². The zero-order valence-corrected chi connectivity index (χ0v) is 16.7. The van der Waals surface area contributed by atoms with Gasteiger partial charge in [-0.25, -0.2) is 0 Å². The zero-order chi connectivity index (χ0) is 19.4. The van der Waals surface area contributed by atoms with E-state index in [1.54, 1.807) is 7.11 Å². The number of ether oxygens (including phenoxy) is 2. The van der Waals surface area contributed by atoms with Crippen LogP contribution in [0, 0.1) is 13.8 Å². The van der Waals surface area contributed by atoms with E-state index in [0.29, 0.717) is 11.3 Å². The van der Waals surface area contributed by atoms with Crippen LogP contribution < -0.4 is 14.8 Å². The number of nitrogens with one attached hydrogen (secondary N) is 1. The molecule has 0 bridgehead atoms. The van der Waals surface area contributed by atoms with Crippen LogP contribution in [0.3, 0.4) is 0 Å². The van der Waals surface area contributed by atoms with Crippen molar-refractivity contribution < 1.29 is 14.3 Å². The van der Waals surface area contributed by atoms with Crippen LogP contribution in [0.15, 0.2) is 36.4 Å². The largest absolute Gasteiger partial charge is 0.493 e. The molecule has 1 N–H and O–H groups in total. The van der Waals surface area contributed by atoms with Gasteiger partial charge in [0.1, 0.15) is 0 Å². The summed E-state index contributed by atoms with van der Waals surface area (Å²) in [7, 11) is 1.65. The lowest BCUT2D eigenvalue weighted by Crippen LogP contribution is -2.27. The number of hydrogen-bond acceptors (Lipinski definition) is 3. The minimum absolute atomic E-state index is 0.0646. The molecule has 1 aliphatic carbocycles. The van der Waals surface area contributed by atoms with E-state index in [-0.39, 0.29) is 18.1 Å². The van der Waals surface area contributed by atoms with Gasteiger partial charge in [0.2, 0.25) is 0 Å². The van der Waals surface area contributed by atoms with Crippen molar-refractivity contribution in [3.8, 4) is 11.5 Å². The van der Waals surface area contributed by atoms with Crippen molar-refractivity contribution >= 4 is 5.91 Å². The number of benzene rings is 2. The van der Waals surface area contributed by atoms with E-state index in [0.717, 1.165) is 35.3 Å². The fourth-order valence-electron chi connectivity index (χ4n) is 3.66. The summed E-state index contributed by atoms with van der Waals surface area (Å²) < 4.78 is 11.6. The van der Waals surface area contributed by atoms with Gasteiger partial charge in [0.05, 0.1) is 19.3 Å². The number of hydrogen-bond donors (Lipinski definition) is 1. The minimum atomic E-state index is -0.132. The Balaban J connectivity index is 1.72. The maximum absolute atomic E-state index is 12.6. The molecular weight excluding hydrogens is 338 g/mol. The lowest BCUT2D eigenvalue weighted by Gasteiger charge is -2.19. The summed E-state index contributed by atoms with van der Waals surface area (Å²) in [6, 6.07) is 11.6. The molecule has 3 rings (SSSR count). The van der Waals surface area contributed by atoms with E-state index in [9.17, 15) is 4.79 Å². The van der Waals surface area contributed by atoms with Gasteiger partial charge in [-0.15, -0.1) is 0 Å². The molecule has 0 saturated heterocycles. The van der Waals surface area contributed by atoms with Crippen molar-refractivity contribution in [3.63, 3.8) is 0 Å². The first kappa shape index (κ1) is 19.3. The molecule has 1 aliphatic rings. The third-order valence-electron chi connectivity index (χ3n) is 5.26. The summed E-state index contributed by atoms with van der Waals surface area (Å²) in [5, 5.41) is 3.08. The van der Waals surface area contributed by atoms with E-state index in [2.05, 4.69) is 5.32 Å². The molecule has 0 heterocycles. The van der Waals surface area contributed by atoms with Gasteiger partial charge in [-0.05, 0) is 75.8 Å². The third-order valence-corrected chi connectivity index (χ3v) is 5.26. The zero-order valence-electron chi connectivity index (χ0n) is 16.7. The maximum atomic E-state index is 12.6. The van der Waals surface area contributed by atoms with Gasteiger partial charge in [-0.2, -0.15) is 0 Å². The Hall–Kier alpha value is -2.49. The number of rotatable bonds is 6. The maximum Gasteiger partial charge on any atom is 0.252 e. The Morgan fingerprint density at radius 3 is 2.48 bits per heavy atom. The number of aryl methyl sites for hydroxylation is 2. The molecule has 2 aromatic rings. The number of amides is 1. The van der Waals surface area contributed by atoms with Gasteiger partial charge in [0, 0.05) is 5.56 Å². The lowest BCUT2D eigenvalue weighted by atomic mass is 10.0. The molecule has 1 amide bonds. The van der Waals surface area contributed by atoms with E-state index < -0.39 is 0 Å². The topological polar surface area (TPSA) is 47.6 Å². The predicted molar refractivity (Wildman–Crippen MR) is 108 cm³/mol. The second-order valence-corrected chi connectivity index (χ2v) is 7.45. The number of carbonyl (C=O) groups excluding carboxylic acids is 1. The van der Waals surface area contributed by atoms with Crippen molar-refractivity contribution in [2.75, 3.05) is 7.11 Å². The molecule has 0 spiro atoms. The highest BCUT2D eigenvalue weighted by Crippen LogP contribution is 2.33. The summed E-state index contributed by atoms with van der Waals surface area (Å²) in [6.07, 6.45) is 4.95. The summed E-state index contributed by atoms with van der Waals surface area (Å²) in [5.74, 6) is 1.43. The molecule has 1 fully saturated rings. The second-order valence-electron chi connectivity index (χ2n) is 7.45. The van der Waals surface area contributed by atoms with Crippen molar-refractivity contribution in [2.24, 2.45) is 0 Å². The molecule has 0 aromatic heterocycles. The highest BCUT2D eigenvalue weighted by molar-refractivity contribution is 5.95. The number of carbonyl (C=O) groups is 1. The first-order valence-corrected chi connectivity index (χ1v) is 9.70. The van der Waals surface area contributed by atoms with Crippen LogP contribution in [0.1, 0.15) is 65.7 Å². The quantitative estimate of drug-likeness (QED) is 0.770. The molecule has 1 atom stereocenters. The monoisotopic (exact) mass is 367 g/mol. The van der Waals surface area contributed by atoms with Crippen LogP contribution in [0.5, 0.6) is 11.5 Å².